The molecule has 0 radical (unpaired) electrons. The van der Waals surface area contributed by atoms with E-state index >= 15 is 0 Å². The number of amidine groups is 1. The molecule has 0 fully saturated rings. The number of imide groups is 1. The molecule has 0 unspecified atom stereocenters. The molecule has 0 spiro atoms. The van der Waals surface area contributed by atoms with Crippen molar-refractivity contribution in [1.82, 2.24) is 10.6 Å². The molecule has 0 aromatic carbocycles. The van der Waals surface area contributed by atoms with E-state index in [1.165, 1.54) is 0 Å². The Bertz CT molecular complexity index is 242. The fraction of sp³-hybridized carbons (Fsp3) is 0.571. The highest BCUT2D eigenvalue weighted by molar-refractivity contribution is 8.14. The standard InChI is InChI=1S/C7H14N4O2S/c1-4(2)10-7(13)11-5(12)3-14-6(8)9/h4H,3H2,1-2H3,(H3,8,9)(H2,10,11,12,13). The van der Waals surface area contributed by atoms with Crippen LogP contribution >= 0.6 is 11.8 Å². The van der Waals surface area contributed by atoms with Gasteiger partial charge in [0.1, 0.15) is 0 Å². The number of hydrogen-bond donors (Lipinski definition) is 4. The van der Waals surface area contributed by atoms with Gasteiger partial charge in [0.05, 0.1) is 5.75 Å². The lowest BCUT2D eigenvalue weighted by molar-refractivity contribution is -0.117. The van der Waals surface area contributed by atoms with Gasteiger partial charge in [-0.15, -0.1) is 0 Å². The Labute approximate surface area is 86.5 Å². The van der Waals surface area contributed by atoms with E-state index in [2.05, 4.69) is 10.6 Å². The fourth-order valence-electron chi connectivity index (χ4n) is 0.604. The number of thioether (sulfide) groups is 1. The van der Waals surface area contributed by atoms with Gasteiger partial charge in [-0.2, -0.15) is 0 Å². The number of amides is 3. The van der Waals surface area contributed by atoms with Crippen molar-refractivity contribution in [2.24, 2.45) is 5.73 Å². The summed E-state index contributed by atoms with van der Waals surface area (Å²) in [6.07, 6.45) is 0. The van der Waals surface area contributed by atoms with Gasteiger partial charge in [0.2, 0.25) is 5.91 Å². The van der Waals surface area contributed by atoms with Crippen molar-refractivity contribution in [3.05, 3.63) is 0 Å². The van der Waals surface area contributed by atoms with Crippen LogP contribution < -0.4 is 16.4 Å². The summed E-state index contributed by atoms with van der Waals surface area (Å²) >= 11 is 0.869. The highest BCUT2D eigenvalue weighted by Crippen LogP contribution is 1.95. The number of nitrogens with two attached hydrogens (primary N) is 1. The molecule has 0 bridgehead atoms. The number of carbonyl (C=O) groups excluding carboxylic acids is 2. The van der Waals surface area contributed by atoms with Gasteiger partial charge in [-0.25, -0.2) is 4.79 Å². The maximum atomic E-state index is 11.0. The highest BCUT2D eigenvalue weighted by atomic mass is 32.2. The second-order valence-electron chi connectivity index (χ2n) is 2.83. The summed E-state index contributed by atoms with van der Waals surface area (Å²) in [5.41, 5.74) is 5.02. The van der Waals surface area contributed by atoms with Gasteiger partial charge in [0.25, 0.3) is 0 Å². The Morgan fingerprint density at radius 3 is 2.50 bits per heavy atom. The van der Waals surface area contributed by atoms with E-state index < -0.39 is 11.9 Å². The number of rotatable bonds is 3. The number of carbonyl (C=O) groups is 2. The van der Waals surface area contributed by atoms with Crippen molar-refractivity contribution in [2.75, 3.05) is 5.75 Å². The molecule has 0 aliphatic carbocycles. The first-order valence-electron chi connectivity index (χ1n) is 3.99. The second-order valence-corrected chi connectivity index (χ2v) is 3.85. The van der Waals surface area contributed by atoms with Crippen LogP contribution in [0.15, 0.2) is 0 Å². The summed E-state index contributed by atoms with van der Waals surface area (Å²) in [6.45, 7) is 3.57. The van der Waals surface area contributed by atoms with E-state index in [9.17, 15) is 9.59 Å². The van der Waals surface area contributed by atoms with Crippen molar-refractivity contribution < 1.29 is 9.59 Å². The lowest BCUT2D eigenvalue weighted by Crippen LogP contribution is -2.43. The topological polar surface area (TPSA) is 108 Å². The molecule has 0 saturated heterocycles. The van der Waals surface area contributed by atoms with Gasteiger partial charge < -0.3 is 11.1 Å². The predicted molar refractivity (Wildman–Crippen MR) is 56.2 cm³/mol. The molecule has 6 nitrogen and oxygen atoms in total. The molecule has 0 atom stereocenters. The molecule has 0 rings (SSSR count). The average molecular weight is 218 g/mol. The van der Waals surface area contributed by atoms with Gasteiger partial charge in [-0.3, -0.25) is 15.5 Å². The van der Waals surface area contributed by atoms with Crippen LogP contribution in [-0.2, 0) is 4.79 Å². The predicted octanol–water partition coefficient (Wildman–Crippen LogP) is -0.153. The molecule has 0 aromatic rings. The Balaban J connectivity index is 3.72. The smallest absolute Gasteiger partial charge is 0.321 e. The molecule has 7 heteroatoms. The van der Waals surface area contributed by atoms with E-state index in [4.69, 9.17) is 11.1 Å². The normalized spacial score (nSPS) is 9.64. The van der Waals surface area contributed by atoms with Crippen LogP contribution in [-0.4, -0.2) is 28.9 Å². The zero-order valence-electron chi connectivity index (χ0n) is 8.09. The summed E-state index contributed by atoms with van der Waals surface area (Å²) in [5.74, 6) is -0.496. The molecule has 3 amide bonds. The monoisotopic (exact) mass is 218 g/mol. The van der Waals surface area contributed by atoms with Gasteiger partial charge in [0.15, 0.2) is 5.17 Å². The minimum atomic E-state index is -0.533. The number of hydrogen-bond acceptors (Lipinski definition) is 4. The summed E-state index contributed by atoms with van der Waals surface area (Å²) in [7, 11) is 0. The third-order valence-corrected chi connectivity index (χ3v) is 1.75. The van der Waals surface area contributed by atoms with Crippen molar-refractivity contribution >= 4 is 28.9 Å². The molecule has 80 valence electrons. The summed E-state index contributed by atoms with van der Waals surface area (Å²) in [5, 5.41) is 11.3. The molecular formula is C7H14N4O2S. The molecule has 14 heavy (non-hydrogen) atoms. The molecule has 0 saturated carbocycles. The van der Waals surface area contributed by atoms with Crippen LogP contribution in [0.5, 0.6) is 0 Å². The van der Waals surface area contributed by atoms with Crippen molar-refractivity contribution in [2.45, 2.75) is 19.9 Å². The van der Waals surface area contributed by atoms with Crippen molar-refractivity contribution in [3.63, 3.8) is 0 Å². The number of urea groups is 1. The molecule has 0 heterocycles. The van der Waals surface area contributed by atoms with Crippen LogP contribution in [0.4, 0.5) is 4.79 Å². The SMILES string of the molecule is CC(C)NC(=O)NC(=O)CSC(=N)N. The molecule has 0 aromatic heterocycles. The Kier molecular flexibility index (Phi) is 5.70. The first kappa shape index (κ1) is 12.8. The van der Waals surface area contributed by atoms with Crippen LogP contribution in [0, 0.1) is 5.41 Å². The lowest BCUT2D eigenvalue weighted by Gasteiger charge is -2.08. The first-order chi connectivity index (χ1) is 6.41. The zero-order valence-corrected chi connectivity index (χ0v) is 8.90. The quantitative estimate of drug-likeness (QED) is 0.390. The van der Waals surface area contributed by atoms with Crippen LogP contribution in [0.3, 0.4) is 0 Å². The molecule has 5 N–H and O–H groups in total. The second kappa shape index (κ2) is 6.25. The van der Waals surface area contributed by atoms with Crippen LogP contribution in [0.1, 0.15) is 13.8 Å². The Morgan fingerprint density at radius 2 is 2.07 bits per heavy atom. The van der Waals surface area contributed by atoms with E-state index in [0.717, 1.165) is 11.8 Å². The first-order valence-corrected chi connectivity index (χ1v) is 4.97. The Hall–Kier alpha value is -1.24. The van der Waals surface area contributed by atoms with Crippen LogP contribution in [0.2, 0.25) is 0 Å². The molecular weight excluding hydrogens is 204 g/mol. The largest absolute Gasteiger partial charge is 0.379 e. The number of nitrogens with one attached hydrogen (secondary N) is 3. The van der Waals surface area contributed by atoms with Gasteiger partial charge >= 0.3 is 6.03 Å². The third-order valence-electron chi connectivity index (χ3n) is 1.03. The third kappa shape index (κ3) is 7.41. The van der Waals surface area contributed by atoms with Crippen LogP contribution in [0.25, 0.3) is 0 Å². The zero-order chi connectivity index (χ0) is 11.1. The van der Waals surface area contributed by atoms with Gasteiger partial charge in [-0.1, -0.05) is 11.8 Å². The van der Waals surface area contributed by atoms with Gasteiger partial charge in [0, 0.05) is 6.04 Å². The minimum absolute atomic E-state index is 0.0248. The Morgan fingerprint density at radius 1 is 1.50 bits per heavy atom. The van der Waals surface area contributed by atoms with E-state index in [1.54, 1.807) is 13.8 Å². The van der Waals surface area contributed by atoms with E-state index in [-0.39, 0.29) is 17.0 Å². The van der Waals surface area contributed by atoms with Gasteiger partial charge in [-0.05, 0) is 13.8 Å². The average Bonchev–Trinajstić information content (AvgIpc) is 1.98. The minimum Gasteiger partial charge on any atom is -0.379 e. The molecule has 0 aliphatic heterocycles. The van der Waals surface area contributed by atoms with Crippen molar-refractivity contribution in [3.8, 4) is 0 Å². The maximum absolute atomic E-state index is 11.0. The molecule has 0 aliphatic rings. The summed E-state index contributed by atoms with van der Waals surface area (Å²) in [6, 6.07) is -0.558. The van der Waals surface area contributed by atoms with E-state index in [1.807, 2.05) is 0 Å². The van der Waals surface area contributed by atoms with E-state index in [0.29, 0.717) is 0 Å². The summed E-state index contributed by atoms with van der Waals surface area (Å²) in [4.78, 5) is 22.0. The lowest BCUT2D eigenvalue weighted by atomic mass is 10.4. The van der Waals surface area contributed by atoms with Crippen molar-refractivity contribution in [1.29, 1.82) is 5.41 Å². The fourth-order valence-corrected chi connectivity index (χ4v) is 0.963. The highest BCUT2D eigenvalue weighted by Gasteiger charge is 2.08. The maximum Gasteiger partial charge on any atom is 0.321 e. The summed E-state index contributed by atoms with van der Waals surface area (Å²) < 4.78 is 0.